The minimum Gasteiger partial charge on any atom is -0.497 e. The van der Waals surface area contributed by atoms with Gasteiger partial charge in [-0.15, -0.1) is 10.2 Å². The zero-order valence-electron chi connectivity index (χ0n) is 30.1. The van der Waals surface area contributed by atoms with Crippen LogP contribution in [-0.2, 0) is 38.7 Å². The first-order valence-corrected chi connectivity index (χ1v) is 19.8. The summed E-state index contributed by atoms with van der Waals surface area (Å²) in [4.78, 5) is 70.6. The van der Waals surface area contributed by atoms with Crippen molar-refractivity contribution in [2.75, 3.05) is 20.8 Å². The number of hydrogen-bond donors (Lipinski definition) is 3. The van der Waals surface area contributed by atoms with Crippen LogP contribution in [0.4, 0.5) is 4.79 Å². The normalized spacial score (nSPS) is 28.5. The Morgan fingerprint density at radius 2 is 1.78 bits per heavy atom. The minimum atomic E-state index is -3.92. The number of carbonyl (C=O) groups is 5. The van der Waals surface area contributed by atoms with Crippen molar-refractivity contribution >= 4 is 39.8 Å². The van der Waals surface area contributed by atoms with Crippen LogP contribution in [0.3, 0.4) is 0 Å². The van der Waals surface area contributed by atoms with Gasteiger partial charge in [-0.25, -0.2) is 18.0 Å². The van der Waals surface area contributed by atoms with Crippen molar-refractivity contribution in [1.82, 2.24) is 40.5 Å². The molecule has 18 nitrogen and oxygen atoms in total. The predicted molar refractivity (Wildman–Crippen MR) is 188 cm³/mol. The highest BCUT2D eigenvalue weighted by atomic mass is 32.2. The third-order valence-electron chi connectivity index (χ3n) is 10.8. The fraction of sp³-hybridized carbons (Fsp3) is 0.600. The Bertz CT molecular complexity index is 1940. The monoisotopic (exact) mass is 768 g/mol. The number of rotatable bonds is 9. The average molecular weight is 769 g/mol. The molecule has 4 fully saturated rings. The largest absolute Gasteiger partial charge is 0.497 e. The van der Waals surface area contributed by atoms with Crippen LogP contribution in [0.2, 0.25) is 0 Å². The van der Waals surface area contributed by atoms with Crippen LogP contribution in [0, 0.1) is 5.92 Å². The highest BCUT2D eigenvalue weighted by molar-refractivity contribution is 7.91. The fourth-order valence-electron chi connectivity index (χ4n) is 7.18. The second kappa shape index (κ2) is 14.6. The molecule has 1 saturated heterocycles. The summed E-state index contributed by atoms with van der Waals surface area (Å²) in [5.41, 5.74) is -2.28. The summed E-state index contributed by atoms with van der Waals surface area (Å²) < 4.78 is 43.3. The molecule has 0 spiro atoms. The number of hydrogen-bond acceptors (Lipinski definition) is 13. The number of tetrazole rings is 1. The first kappa shape index (κ1) is 37.3. The molecule has 2 aliphatic heterocycles. The second-order valence-corrected chi connectivity index (χ2v) is 16.6. The lowest BCUT2D eigenvalue weighted by Crippen LogP contribution is -2.58. The molecule has 0 radical (unpaired) electrons. The van der Waals surface area contributed by atoms with Gasteiger partial charge in [0, 0.05) is 37.3 Å². The summed E-state index contributed by atoms with van der Waals surface area (Å²) in [6.45, 7) is -0.0484. The minimum absolute atomic E-state index is 0.0250. The molecule has 3 saturated carbocycles. The van der Waals surface area contributed by atoms with Crippen molar-refractivity contribution in [2.45, 2.75) is 105 Å². The quantitative estimate of drug-likeness (QED) is 0.242. The van der Waals surface area contributed by atoms with Gasteiger partial charge >= 0.3 is 12.1 Å². The van der Waals surface area contributed by atoms with Gasteiger partial charge in [-0.05, 0) is 68.0 Å². The van der Waals surface area contributed by atoms with E-state index in [0.717, 1.165) is 6.42 Å². The molecule has 19 heteroatoms. The predicted octanol–water partition coefficient (Wildman–Crippen LogP) is 1.29. The van der Waals surface area contributed by atoms with E-state index >= 15 is 0 Å². The maximum atomic E-state index is 14.5. The molecule has 3 N–H and O–H groups in total. The summed E-state index contributed by atoms with van der Waals surface area (Å²) in [7, 11) is -1.16. The molecule has 2 aromatic rings. The number of carbonyl (C=O) groups excluding carboxylic acids is 5. The molecule has 1 aromatic carbocycles. The zero-order chi connectivity index (χ0) is 38.3. The standard InChI is InChI=1S/C35H44N8O10S/c1-51-24-12-10-21(11-13-24)28-38-41-43(39-28)23-18-27-29(44)37-35(31(46)40-54(49,50)25-14-15-25)19-22(35)8-6-4-3-5-7-9-26(30(45)42(27)20-23)36-33(48)53-34(16-17-34)32(47)52-2/h6,8,10-13,22-23,25-27H,3-5,7,9,14-20H2,1-2H3,(H,36,48)(H,37,44)(H,40,46)/b8-6-/t22-,23-,26-,27+,35+/m1/s1. The number of esters is 1. The van der Waals surface area contributed by atoms with Gasteiger partial charge in [0.25, 0.3) is 5.91 Å². The molecule has 3 aliphatic carbocycles. The van der Waals surface area contributed by atoms with E-state index in [1.807, 2.05) is 12.2 Å². The molecule has 4 amide bonds. The Morgan fingerprint density at radius 1 is 1.02 bits per heavy atom. The van der Waals surface area contributed by atoms with Crippen molar-refractivity contribution in [2.24, 2.45) is 5.92 Å². The number of methoxy groups -OCH3 is 2. The van der Waals surface area contributed by atoms with Crippen LogP contribution in [0.1, 0.15) is 76.7 Å². The van der Waals surface area contributed by atoms with Crippen molar-refractivity contribution in [3.8, 4) is 17.1 Å². The number of alkyl carbamates (subject to hydrolysis) is 1. The molecule has 3 heterocycles. The molecule has 7 rings (SSSR count). The maximum Gasteiger partial charge on any atom is 0.408 e. The molecule has 54 heavy (non-hydrogen) atoms. The maximum absolute atomic E-state index is 14.5. The molecule has 1 aromatic heterocycles. The molecule has 0 bridgehead atoms. The summed E-state index contributed by atoms with van der Waals surface area (Å²) in [5.74, 6) is -2.27. The Kier molecular flexibility index (Phi) is 10.1. The second-order valence-electron chi connectivity index (χ2n) is 14.6. The average Bonchev–Trinajstić information content (AvgIpc) is 4.12. The van der Waals surface area contributed by atoms with Crippen molar-refractivity contribution in [1.29, 1.82) is 0 Å². The Hall–Kier alpha value is -5.07. The number of nitrogens with one attached hydrogen (secondary N) is 3. The Balaban J connectivity index is 1.17. The van der Waals surface area contributed by atoms with E-state index in [-0.39, 0.29) is 38.6 Å². The number of nitrogens with zero attached hydrogens (tertiary/aromatic N) is 5. The summed E-state index contributed by atoms with van der Waals surface area (Å²) in [5, 5.41) is 17.8. The Morgan fingerprint density at radius 3 is 2.46 bits per heavy atom. The number of fused-ring (bicyclic) bond motifs is 2. The third-order valence-corrected chi connectivity index (χ3v) is 12.6. The van der Waals surface area contributed by atoms with Gasteiger partial charge in [-0.1, -0.05) is 25.0 Å². The van der Waals surface area contributed by atoms with Gasteiger partial charge in [0.2, 0.25) is 33.3 Å². The first-order chi connectivity index (χ1) is 25.9. The number of allylic oxidation sites excluding steroid dienone is 1. The molecule has 0 unspecified atom stereocenters. The lowest BCUT2D eigenvalue weighted by atomic mass is 10.0. The number of benzene rings is 1. The van der Waals surface area contributed by atoms with Crippen LogP contribution >= 0.6 is 0 Å². The van der Waals surface area contributed by atoms with E-state index in [1.165, 1.54) is 16.8 Å². The molecular weight excluding hydrogens is 724 g/mol. The van der Waals surface area contributed by atoms with E-state index < -0.39 is 80.2 Å². The lowest BCUT2D eigenvalue weighted by molar-refractivity contribution is -0.153. The topological polar surface area (TPSA) is 230 Å². The number of sulfonamides is 1. The smallest absolute Gasteiger partial charge is 0.408 e. The van der Waals surface area contributed by atoms with Crippen LogP contribution in [0.15, 0.2) is 36.4 Å². The number of ether oxygens (including phenoxy) is 3. The van der Waals surface area contributed by atoms with Crippen LogP contribution < -0.4 is 20.1 Å². The van der Waals surface area contributed by atoms with Crippen LogP contribution in [0.5, 0.6) is 5.75 Å². The zero-order valence-corrected chi connectivity index (χ0v) is 30.9. The fourth-order valence-corrected chi connectivity index (χ4v) is 8.54. The van der Waals surface area contributed by atoms with Gasteiger partial charge in [0.1, 0.15) is 23.4 Å². The molecular formula is C35H44N8O10S. The van der Waals surface area contributed by atoms with Crippen LogP contribution in [-0.4, -0.2) is 113 Å². The lowest BCUT2D eigenvalue weighted by Gasteiger charge is -2.30. The van der Waals surface area contributed by atoms with Crippen LogP contribution in [0.25, 0.3) is 11.4 Å². The Labute approximate surface area is 311 Å². The SMILES string of the molecule is COC(=O)C1(OC(=O)N[C@@H]2CCCCC/C=C\[C@@H]3C[C@]3(C(=O)NS(=O)(=O)C3CC3)NC(=O)[C@@H]3C[C@@H](n4nnc(-c5ccc(OC)cc5)n4)CN3C2=O)CC1. The molecule has 5 atom stereocenters. The van der Waals surface area contributed by atoms with E-state index in [9.17, 15) is 32.4 Å². The third kappa shape index (κ3) is 7.63. The van der Waals surface area contributed by atoms with E-state index in [2.05, 4.69) is 30.8 Å². The highest BCUT2D eigenvalue weighted by Crippen LogP contribution is 2.46. The highest BCUT2D eigenvalue weighted by Gasteiger charge is 2.62. The van der Waals surface area contributed by atoms with Gasteiger partial charge in [0.15, 0.2) is 0 Å². The summed E-state index contributed by atoms with van der Waals surface area (Å²) >= 11 is 0. The number of aromatic nitrogens is 4. The van der Waals surface area contributed by atoms with Gasteiger partial charge in [0.05, 0.1) is 25.5 Å². The van der Waals surface area contributed by atoms with Crippen molar-refractivity contribution in [3.63, 3.8) is 0 Å². The van der Waals surface area contributed by atoms with E-state index in [1.54, 1.807) is 31.4 Å². The first-order valence-electron chi connectivity index (χ1n) is 18.2. The van der Waals surface area contributed by atoms with E-state index in [4.69, 9.17) is 14.2 Å². The summed E-state index contributed by atoms with van der Waals surface area (Å²) in [6, 6.07) is 4.11. The van der Waals surface area contributed by atoms with Gasteiger partial charge in [-0.2, -0.15) is 4.80 Å². The molecule has 290 valence electrons. The summed E-state index contributed by atoms with van der Waals surface area (Å²) in [6.07, 6.45) is 7.32. The molecule has 5 aliphatic rings. The van der Waals surface area contributed by atoms with Gasteiger partial charge < -0.3 is 29.7 Å². The van der Waals surface area contributed by atoms with E-state index in [0.29, 0.717) is 49.2 Å². The van der Waals surface area contributed by atoms with Gasteiger partial charge in [-0.3, -0.25) is 19.1 Å². The number of amides is 4. The van der Waals surface area contributed by atoms with Crippen molar-refractivity contribution in [3.05, 3.63) is 36.4 Å². The van der Waals surface area contributed by atoms with Crippen molar-refractivity contribution < 1.29 is 46.6 Å².